The van der Waals surface area contributed by atoms with Crippen LogP contribution >= 0.6 is 0 Å². The van der Waals surface area contributed by atoms with E-state index in [0.717, 1.165) is 40.1 Å². The standard InChI is InChI=1S/C22H23NO2/c1-3-18-11-12-20(14-24)22(25-15-17-7-5-4-6-8-17)21(18)19-10-9-16(2)23-13-19/h4-13,24H,3,14-15H2,1-2H3. The van der Waals surface area contributed by atoms with Crippen molar-refractivity contribution < 1.29 is 9.84 Å². The predicted octanol–water partition coefficient (Wildman–Crippen LogP) is 4.69. The summed E-state index contributed by atoms with van der Waals surface area (Å²) in [7, 11) is 0. The Balaban J connectivity index is 2.05. The molecule has 0 fully saturated rings. The lowest BCUT2D eigenvalue weighted by atomic mass is 9.95. The summed E-state index contributed by atoms with van der Waals surface area (Å²) in [5.41, 5.74) is 6.10. The summed E-state index contributed by atoms with van der Waals surface area (Å²) >= 11 is 0. The van der Waals surface area contributed by atoms with Gasteiger partial charge in [-0.2, -0.15) is 0 Å². The Morgan fingerprint density at radius 2 is 1.72 bits per heavy atom. The molecule has 0 radical (unpaired) electrons. The second-order valence-corrected chi connectivity index (χ2v) is 6.06. The highest BCUT2D eigenvalue weighted by Gasteiger charge is 2.16. The Morgan fingerprint density at radius 3 is 2.36 bits per heavy atom. The van der Waals surface area contributed by atoms with Crippen LogP contribution in [0.25, 0.3) is 11.1 Å². The van der Waals surface area contributed by atoms with Crippen molar-refractivity contribution in [2.45, 2.75) is 33.5 Å². The second-order valence-electron chi connectivity index (χ2n) is 6.06. The van der Waals surface area contributed by atoms with Crippen LogP contribution in [0.4, 0.5) is 0 Å². The highest BCUT2D eigenvalue weighted by atomic mass is 16.5. The predicted molar refractivity (Wildman–Crippen MR) is 100 cm³/mol. The van der Waals surface area contributed by atoms with Crippen molar-refractivity contribution >= 4 is 0 Å². The average Bonchev–Trinajstić information content (AvgIpc) is 2.67. The number of rotatable bonds is 6. The Bertz CT molecular complexity index is 827. The first-order chi connectivity index (χ1) is 12.2. The van der Waals surface area contributed by atoms with E-state index in [2.05, 4.69) is 24.0 Å². The summed E-state index contributed by atoms with van der Waals surface area (Å²) in [6.45, 7) is 4.51. The summed E-state index contributed by atoms with van der Waals surface area (Å²) in [5, 5.41) is 9.80. The number of nitrogens with zero attached hydrogens (tertiary/aromatic N) is 1. The molecule has 0 spiro atoms. The molecule has 0 aliphatic rings. The highest BCUT2D eigenvalue weighted by Crippen LogP contribution is 2.37. The van der Waals surface area contributed by atoms with Gasteiger partial charge in [-0.25, -0.2) is 0 Å². The third-order valence-corrected chi connectivity index (χ3v) is 4.30. The lowest BCUT2D eigenvalue weighted by Crippen LogP contribution is -2.03. The van der Waals surface area contributed by atoms with Crippen LogP contribution in [0.3, 0.4) is 0 Å². The molecule has 0 bridgehead atoms. The van der Waals surface area contributed by atoms with Gasteiger partial charge in [0.15, 0.2) is 0 Å². The highest BCUT2D eigenvalue weighted by molar-refractivity contribution is 5.75. The first kappa shape index (κ1) is 17.2. The minimum absolute atomic E-state index is 0.0552. The van der Waals surface area contributed by atoms with Gasteiger partial charge in [0.05, 0.1) is 6.61 Å². The Labute approximate surface area is 148 Å². The topological polar surface area (TPSA) is 42.4 Å². The third-order valence-electron chi connectivity index (χ3n) is 4.30. The molecular formula is C22H23NO2. The van der Waals surface area contributed by atoms with Gasteiger partial charge in [0.1, 0.15) is 12.4 Å². The largest absolute Gasteiger partial charge is 0.488 e. The second kappa shape index (κ2) is 7.95. The van der Waals surface area contributed by atoms with Gasteiger partial charge in [-0.05, 0) is 30.5 Å². The van der Waals surface area contributed by atoms with Crippen molar-refractivity contribution in [1.82, 2.24) is 4.98 Å². The van der Waals surface area contributed by atoms with Crippen molar-refractivity contribution in [3.05, 3.63) is 83.2 Å². The molecule has 0 saturated heterocycles. The van der Waals surface area contributed by atoms with Crippen molar-refractivity contribution in [2.24, 2.45) is 0 Å². The molecule has 3 heteroatoms. The molecule has 3 nitrogen and oxygen atoms in total. The molecule has 1 N–H and O–H groups in total. The molecule has 0 aliphatic heterocycles. The quantitative estimate of drug-likeness (QED) is 0.711. The van der Waals surface area contributed by atoms with Gasteiger partial charge in [0.2, 0.25) is 0 Å². The molecule has 0 saturated carbocycles. The first-order valence-corrected chi connectivity index (χ1v) is 8.58. The van der Waals surface area contributed by atoms with Crippen molar-refractivity contribution in [3.8, 4) is 16.9 Å². The number of aryl methyl sites for hydroxylation is 2. The van der Waals surface area contributed by atoms with Crippen LogP contribution in [-0.2, 0) is 19.6 Å². The van der Waals surface area contributed by atoms with Gasteiger partial charge in [-0.15, -0.1) is 0 Å². The molecule has 0 amide bonds. The summed E-state index contributed by atoms with van der Waals surface area (Å²) in [6.07, 6.45) is 2.76. The Morgan fingerprint density at radius 1 is 0.960 bits per heavy atom. The molecule has 0 atom stereocenters. The van der Waals surface area contributed by atoms with E-state index in [1.54, 1.807) is 0 Å². The van der Waals surface area contributed by atoms with Crippen molar-refractivity contribution in [1.29, 1.82) is 0 Å². The van der Waals surface area contributed by atoms with E-state index in [1.807, 2.05) is 55.6 Å². The Hall–Kier alpha value is -2.65. The zero-order valence-corrected chi connectivity index (χ0v) is 14.7. The number of hydrogen-bond acceptors (Lipinski definition) is 3. The minimum atomic E-state index is -0.0552. The van der Waals surface area contributed by atoms with E-state index in [-0.39, 0.29) is 6.61 Å². The molecule has 0 unspecified atom stereocenters. The number of aliphatic hydroxyl groups excluding tert-OH is 1. The lowest BCUT2D eigenvalue weighted by molar-refractivity contribution is 0.259. The molecule has 3 aromatic rings. The molecular weight excluding hydrogens is 310 g/mol. The smallest absolute Gasteiger partial charge is 0.133 e. The fraction of sp³-hybridized carbons (Fsp3) is 0.227. The van der Waals surface area contributed by atoms with Gasteiger partial charge in [-0.3, -0.25) is 4.98 Å². The summed E-state index contributed by atoms with van der Waals surface area (Å²) < 4.78 is 6.18. The number of aromatic nitrogens is 1. The lowest BCUT2D eigenvalue weighted by Gasteiger charge is -2.18. The van der Waals surface area contributed by atoms with E-state index < -0.39 is 0 Å². The monoisotopic (exact) mass is 333 g/mol. The number of pyridine rings is 1. The maximum absolute atomic E-state index is 9.80. The first-order valence-electron chi connectivity index (χ1n) is 8.58. The van der Waals surface area contributed by atoms with Crippen LogP contribution in [0.1, 0.15) is 29.3 Å². The SMILES string of the molecule is CCc1ccc(CO)c(OCc2ccccc2)c1-c1ccc(C)nc1. The summed E-state index contributed by atoms with van der Waals surface area (Å²) in [4.78, 5) is 4.43. The van der Waals surface area contributed by atoms with Crippen LogP contribution in [0, 0.1) is 6.92 Å². The van der Waals surface area contributed by atoms with Gasteiger partial charge >= 0.3 is 0 Å². The zero-order valence-electron chi connectivity index (χ0n) is 14.7. The molecule has 25 heavy (non-hydrogen) atoms. The van der Waals surface area contributed by atoms with E-state index in [4.69, 9.17) is 4.74 Å². The number of benzene rings is 2. The normalized spacial score (nSPS) is 10.7. The van der Waals surface area contributed by atoms with Crippen LogP contribution in [0.2, 0.25) is 0 Å². The molecule has 1 aromatic heterocycles. The van der Waals surface area contributed by atoms with Crippen molar-refractivity contribution in [2.75, 3.05) is 0 Å². The fourth-order valence-corrected chi connectivity index (χ4v) is 2.91. The van der Waals surface area contributed by atoms with E-state index in [0.29, 0.717) is 6.61 Å². The number of hydrogen-bond donors (Lipinski definition) is 1. The minimum Gasteiger partial charge on any atom is -0.488 e. The van der Waals surface area contributed by atoms with Gasteiger partial charge in [-0.1, -0.05) is 55.5 Å². The summed E-state index contributed by atoms with van der Waals surface area (Å²) in [5.74, 6) is 0.747. The average molecular weight is 333 g/mol. The van der Waals surface area contributed by atoms with E-state index in [1.165, 1.54) is 5.56 Å². The third kappa shape index (κ3) is 3.89. The van der Waals surface area contributed by atoms with E-state index in [9.17, 15) is 5.11 Å². The Kier molecular flexibility index (Phi) is 5.46. The molecule has 0 aliphatic carbocycles. The van der Waals surface area contributed by atoms with Crippen LogP contribution < -0.4 is 4.74 Å². The molecule has 1 heterocycles. The van der Waals surface area contributed by atoms with Crippen LogP contribution in [-0.4, -0.2) is 10.1 Å². The van der Waals surface area contributed by atoms with Crippen molar-refractivity contribution in [3.63, 3.8) is 0 Å². The maximum Gasteiger partial charge on any atom is 0.133 e. The van der Waals surface area contributed by atoms with Gasteiger partial charge < -0.3 is 9.84 Å². The maximum atomic E-state index is 9.80. The van der Waals surface area contributed by atoms with Gasteiger partial charge in [0, 0.05) is 28.6 Å². The molecule has 2 aromatic carbocycles. The van der Waals surface area contributed by atoms with E-state index >= 15 is 0 Å². The number of ether oxygens (including phenoxy) is 1. The van der Waals surface area contributed by atoms with Crippen LogP contribution in [0.15, 0.2) is 60.8 Å². The number of aliphatic hydroxyl groups is 1. The molecule has 128 valence electrons. The molecule has 3 rings (SSSR count). The van der Waals surface area contributed by atoms with Gasteiger partial charge in [0.25, 0.3) is 0 Å². The van der Waals surface area contributed by atoms with Crippen LogP contribution in [0.5, 0.6) is 5.75 Å². The fourth-order valence-electron chi connectivity index (χ4n) is 2.91. The zero-order chi connectivity index (χ0) is 17.6. The summed E-state index contributed by atoms with van der Waals surface area (Å²) in [6, 6.07) is 18.1.